The van der Waals surface area contributed by atoms with E-state index in [1.165, 1.54) is 11.1 Å². The zero-order chi connectivity index (χ0) is 9.10. The van der Waals surface area contributed by atoms with Gasteiger partial charge >= 0.3 is 0 Å². The number of nitrogens with zero attached hydrogens (tertiary/aromatic N) is 1. The number of benzene rings is 1. The number of rotatable bonds is 1. The zero-order valence-electron chi connectivity index (χ0n) is 7.46. The van der Waals surface area contributed by atoms with Crippen molar-refractivity contribution in [1.29, 1.82) is 5.26 Å². The highest BCUT2D eigenvalue weighted by atomic mass is 14.9. The van der Waals surface area contributed by atoms with E-state index in [4.69, 9.17) is 5.26 Å². The molecule has 2 nitrogen and oxygen atoms in total. The monoisotopic (exact) mass is 172 g/mol. The van der Waals surface area contributed by atoms with Crippen LogP contribution in [0.25, 0.3) is 0 Å². The summed E-state index contributed by atoms with van der Waals surface area (Å²) >= 11 is 0. The molecule has 0 amide bonds. The minimum atomic E-state index is 0.347. The molecular weight excluding hydrogens is 160 g/mol. The fourth-order valence-electron chi connectivity index (χ4n) is 1.91. The lowest BCUT2D eigenvalue weighted by Crippen LogP contribution is -2.31. The molecular formula is C11H12N2. The Morgan fingerprint density at radius 2 is 2.08 bits per heavy atom. The van der Waals surface area contributed by atoms with E-state index in [1.54, 1.807) is 0 Å². The molecule has 2 heteroatoms. The van der Waals surface area contributed by atoms with Gasteiger partial charge in [-0.05, 0) is 30.4 Å². The quantitative estimate of drug-likeness (QED) is 0.516. The van der Waals surface area contributed by atoms with E-state index in [0.717, 1.165) is 19.3 Å². The van der Waals surface area contributed by atoms with Gasteiger partial charge in [-0.2, -0.15) is 5.26 Å². The summed E-state index contributed by atoms with van der Waals surface area (Å²) in [6.07, 6.45) is 5.17. The Kier molecular flexibility index (Phi) is 2.18. The average molecular weight is 172 g/mol. The van der Waals surface area contributed by atoms with Crippen molar-refractivity contribution in [3.05, 3.63) is 35.4 Å². The van der Waals surface area contributed by atoms with Crippen LogP contribution in [-0.2, 0) is 12.8 Å². The van der Waals surface area contributed by atoms with Crippen LogP contribution in [0.5, 0.6) is 0 Å². The van der Waals surface area contributed by atoms with Crippen LogP contribution in [0.2, 0.25) is 0 Å². The van der Waals surface area contributed by atoms with E-state index in [9.17, 15) is 0 Å². The highest BCUT2D eigenvalue weighted by Gasteiger charge is 2.16. The summed E-state index contributed by atoms with van der Waals surface area (Å²) < 4.78 is 0. The van der Waals surface area contributed by atoms with Crippen LogP contribution in [0.4, 0.5) is 0 Å². The fraction of sp³-hybridized carbons (Fsp3) is 0.364. The molecule has 0 radical (unpaired) electrons. The molecule has 2 rings (SSSR count). The van der Waals surface area contributed by atoms with E-state index in [-0.39, 0.29) is 0 Å². The Balaban J connectivity index is 2.16. The minimum Gasteiger partial charge on any atom is -0.320 e. The van der Waals surface area contributed by atoms with Gasteiger partial charge in [-0.1, -0.05) is 24.3 Å². The van der Waals surface area contributed by atoms with E-state index >= 15 is 0 Å². The van der Waals surface area contributed by atoms with Crippen molar-refractivity contribution in [1.82, 2.24) is 5.32 Å². The van der Waals surface area contributed by atoms with Crippen molar-refractivity contribution in [3.8, 4) is 6.19 Å². The molecule has 1 aromatic rings. The molecule has 1 aliphatic carbocycles. The molecule has 0 spiro atoms. The first-order chi connectivity index (χ1) is 6.40. The molecule has 66 valence electrons. The summed E-state index contributed by atoms with van der Waals surface area (Å²) in [5, 5.41) is 11.3. The number of hydrogen-bond donors (Lipinski definition) is 1. The third-order valence-corrected chi connectivity index (χ3v) is 2.62. The molecule has 0 aliphatic heterocycles. The predicted octanol–water partition coefficient (Wildman–Crippen LogP) is 1.61. The molecule has 0 bridgehead atoms. The lowest BCUT2D eigenvalue weighted by atomic mass is 9.88. The lowest BCUT2D eigenvalue weighted by Gasteiger charge is -2.22. The van der Waals surface area contributed by atoms with E-state index in [2.05, 4.69) is 29.6 Å². The van der Waals surface area contributed by atoms with Crippen molar-refractivity contribution in [3.63, 3.8) is 0 Å². The van der Waals surface area contributed by atoms with Gasteiger partial charge in [-0.25, -0.2) is 0 Å². The number of fused-ring (bicyclic) bond motifs is 1. The maximum atomic E-state index is 8.51. The zero-order valence-corrected chi connectivity index (χ0v) is 7.46. The molecule has 1 N–H and O–H groups in total. The second-order valence-corrected chi connectivity index (χ2v) is 3.46. The lowest BCUT2D eigenvalue weighted by molar-refractivity contribution is 0.519. The Labute approximate surface area is 78.2 Å². The molecule has 13 heavy (non-hydrogen) atoms. The standard InChI is InChI=1S/C11H12N2/c12-8-13-11-6-5-9-3-1-2-4-10(9)7-11/h1-4,11,13H,5-7H2. The number of aryl methyl sites for hydroxylation is 1. The average Bonchev–Trinajstić information content (AvgIpc) is 2.18. The molecule has 0 saturated heterocycles. The molecule has 0 heterocycles. The minimum absolute atomic E-state index is 0.347. The summed E-state index contributed by atoms with van der Waals surface area (Å²) in [6, 6.07) is 8.82. The second-order valence-electron chi connectivity index (χ2n) is 3.46. The van der Waals surface area contributed by atoms with Crippen LogP contribution in [0.1, 0.15) is 17.5 Å². The SMILES string of the molecule is N#CNC1CCc2ccccc2C1. The van der Waals surface area contributed by atoms with Gasteiger partial charge in [-0.15, -0.1) is 0 Å². The van der Waals surface area contributed by atoms with Crippen LogP contribution < -0.4 is 5.32 Å². The maximum absolute atomic E-state index is 8.51. The number of hydrogen-bond acceptors (Lipinski definition) is 2. The third kappa shape index (κ3) is 1.65. The van der Waals surface area contributed by atoms with Crippen molar-refractivity contribution >= 4 is 0 Å². The number of nitriles is 1. The van der Waals surface area contributed by atoms with Crippen LogP contribution in [-0.4, -0.2) is 6.04 Å². The van der Waals surface area contributed by atoms with E-state index < -0.39 is 0 Å². The van der Waals surface area contributed by atoms with Crippen LogP contribution >= 0.6 is 0 Å². The molecule has 1 aliphatic rings. The molecule has 0 aromatic heterocycles. The normalized spacial score (nSPS) is 20.1. The van der Waals surface area contributed by atoms with E-state index in [1.807, 2.05) is 6.19 Å². The first-order valence-corrected chi connectivity index (χ1v) is 4.61. The Morgan fingerprint density at radius 3 is 2.85 bits per heavy atom. The van der Waals surface area contributed by atoms with Crippen LogP contribution in [0, 0.1) is 11.5 Å². The summed E-state index contributed by atoms with van der Waals surface area (Å²) in [4.78, 5) is 0. The van der Waals surface area contributed by atoms with E-state index in [0.29, 0.717) is 6.04 Å². The Bertz CT molecular complexity index is 338. The van der Waals surface area contributed by atoms with Crippen molar-refractivity contribution in [2.75, 3.05) is 0 Å². The topological polar surface area (TPSA) is 35.8 Å². The predicted molar refractivity (Wildman–Crippen MR) is 51.0 cm³/mol. The highest BCUT2D eigenvalue weighted by molar-refractivity contribution is 5.30. The summed E-state index contributed by atoms with van der Waals surface area (Å²) in [7, 11) is 0. The highest BCUT2D eigenvalue weighted by Crippen LogP contribution is 2.20. The first kappa shape index (κ1) is 8.12. The van der Waals surface area contributed by atoms with Gasteiger partial charge in [-0.3, -0.25) is 0 Å². The maximum Gasteiger partial charge on any atom is 0.176 e. The van der Waals surface area contributed by atoms with Gasteiger partial charge in [0.1, 0.15) is 0 Å². The smallest absolute Gasteiger partial charge is 0.176 e. The molecule has 0 saturated carbocycles. The molecule has 1 unspecified atom stereocenters. The van der Waals surface area contributed by atoms with Crippen molar-refractivity contribution < 1.29 is 0 Å². The summed E-state index contributed by atoms with van der Waals surface area (Å²) in [5.74, 6) is 0. The van der Waals surface area contributed by atoms with Gasteiger partial charge < -0.3 is 5.32 Å². The summed E-state index contributed by atoms with van der Waals surface area (Å²) in [5.41, 5.74) is 2.83. The number of nitrogens with one attached hydrogen (secondary N) is 1. The second kappa shape index (κ2) is 3.49. The van der Waals surface area contributed by atoms with Crippen molar-refractivity contribution in [2.24, 2.45) is 0 Å². The van der Waals surface area contributed by atoms with Gasteiger partial charge in [0.2, 0.25) is 0 Å². The largest absolute Gasteiger partial charge is 0.320 e. The molecule has 0 fully saturated rings. The van der Waals surface area contributed by atoms with Gasteiger partial charge in [0, 0.05) is 6.04 Å². The Hall–Kier alpha value is -1.49. The van der Waals surface area contributed by atoms with Gasteiger partial charge in [0.25, 0.3) is 0 Å². The third-order valence-electron chi connectivity index (χ3n) is 2.62. The van der Waals surface area contributed by atoms with Crippen molar-refractivity contribution in [2.45, 2.75) is 25.3 Å². The summed E-state index contributed by atoms with van der Waals surface area (Å²) in [6.45, 7) is 0. The molecule has 1 aromatic carbocycles. The van der Waals surface area contributed by atoms with Crippen LogP contribution in [0.15, 0.2) is 24.3 Å². The fourth-order valence-corrected chi connectivity index (χ4v) is 1.91. The van der Waals surface area contributed by atoms with Crippen LogP contribution in [0.3, 0.4) is 0 Å². The molecule has 1 atom stereocenters. The van der Waals surface area contributed by atoms with Gasteiger partial charge in [0.15, 0.2) is 6.19 Å². The first-order valence-electron chi connectivity index (χ1n) is 4.61. The van der Waals surface area contributed by atoms with Gasteiger partial charge in [0.05, 0.1) is 0 Å². The Morgan fingerprint density at radius 1 is 1.31 bits per heavy atom.